The third-order valence-corrected chi connectivity index (χ3v) is 4.89. The largest absolute Gasteiger partial charge is 0.462 e. The summed E-state index contributed by atoms with van der Waals surface area (Å²) in [5, 5.41) is 0. The predicted molar refractivity (Wildman–Crippen MR) is 112 cm³/mol. The lowest BCUT2D eigenvalue weighted by Crippen LogP contribution is -2.05. The fraction of sp³-hybridized carbons (Fsp3) is 0.130. The summed E-state index contributed by atoms with van der Waals surface area (Å²) in [6, 6.07) is 21.7. The van der Waals surface area contributed by atoms with Crippen LogP contribution in [-0.4, -0.2) is 22.1 Å². The van der Waals surface area contributed by atoms with E-state index in [1.54, 1.807) is 19.3 Å². The highest BCUT2D eigenvalue weighted by atomic mass is 35.5. The van der Waals surface area contributed by atoms with E-state index in [4.69, 9.17) is 16.3 Å². The number of esters is 1. The van der Waals surface area contributed by atoms with E-state index >= 15 is 0 Å². The van der Waals surface area contributed by atoms with Gasteiger partial charge in [0.2, 0.25) is 0 Å². The topological polar surface area (TPSA) is 44.1 Å². The Morgan fingerprint density at radius 2 is 1.89 bits per heavy atom. The van der Waals surface area contributed by atoms with Crippen LogP contribution < -0.4 is 0 Å². The van der Waals surface area contributed by atoms with E-state index < -0.39 is 0 Å². The van der Waals surface area contributed by atoms with Gasteiger partial charge in [-0.15, -0.1) is 11.6 Å². The van der Waals surface area contributed by atoms with E-state index in [2.05, 4.69) is 4.98 Å². The van der Waals surface area contributed by atoms with Crippen LogP contribution in [0.4, 0.5) is 0 Å². The van der Waals surface area contributed by atoms with Gasteiger partial charge in [0.15, 0.2) is 0 Å². The summed E-state index contributed by atoms with van der Waals surface area (Å²) < 4.78 is 7.24. The Morgan fingerprint density at radius 3 is 2.64 bits per heavy atom. The van der Waals surface area contributed by atoms with Gasteiger partial charge in [0.1, 0.15) is 6.33 Å². The Morgan fingerprint density at radius 1 is 1.07 bits per heavy atom. The van der Waals surface area contributed by atoms with Crippen LogP contribution in [0, 0.1) is 0 Å². The molecule has 0 bridgehead atoms. The first-order valence-electron chi connectivity index (χ1n) is 9.10. The van der Waals surface area contributed by atoms with Gasteiger partial charge in [-0.05, 0) is 48.4 Å². The molecule has 4 rings (SSSR count). The molecule has 0 fully saturated rings. The smallest absolute Gasteiger partial charge is 0.338 e. The molecular formula is C23H19ClN2O2. The minimum Gasteiger partial charge on any atom is -0.462 e. The van der Waals surface area contributed by atoms with Gasteiger partial charge in [-0.25, -0.2) is 9.78 Å². The van der Waals surface area contributed by atoms with Crippen molar-refractivity contribution in [2.75, 3.05) is 6.61 Å². The third-order valence-electron chi connectivity index (χ3n) is 4.58. The average Bonchev–Trinajstić information content (AvgIpc) is 3.18. The first-order chi connectivity index (χ1) is 13.7. The molecule has 4 aromatic rings. The van der Waals surface area contributed by atoms with Crippen molar-refractivity contribution in [1.82, 2.24) is 9.55 Å². The quantitative estimate of drug-likeness (QED) is 0.328. The van der Waals surface area contributed by atoms with Gasteiger partial charge in [0.25, 0.3) is 0 Å². The fourth-order valence-electron chi connectivity index (χ4n) is 3.31. The highest BCUT2D eigenvalue weighted by Gasteiger charge is 2.17. The predicted octanol–water partition coefficient (Wildman–Crippen LogP) is 5.61. The molecule has 0 amide bonds. The van der Waals surface area contributed by atoms with Gasteiger partial charge in [0.05, 0.1) is 23.2 Å². The van der Waals surface area contributed by atoms with E-state index in [1.165, 1.54) is 0 Å². The van der Waals surface area contributed by atoms with Crippen molar-refractivity contribution in [2.24, 2.45) is 0 Å². The van der Waals surface area contributed by atoms with Crippen LogP contribution in [-0.2, 0) is 10.6 Å². The number of rotatable bonds is 5. The Hall–Kier alpha value is -3.11. The van der Waals surface area contributed by atoms with E-state index in [0.717, 1.165) is 33.4 Å². The molecule has 28 heavy (non-hydrogen) atoms. The molecule has 140 valence electrons. The van der Waals surface area contributed by atoms with Crippen LogP contribution in [0.2, 0.25) is 0 Å². The SMILES string of the molecule is CCOC(=O)c1cc(-c2cccc(CCl)c2)c2c(c1)ncn2-c1ccccc1. The summed E-state index contributed by atoms with van der Waals surface area (Å²) in [4.78, 5) is 16.9. The molecular weight excluding hydrogens is 372 g/mol. The van der Waals surface area contributed by atoms with Crippen molar-refractivity contribution in [3.05, 3.63) is 84.2 Å². The van der Waals surface area contributed by atoms with Crippen LogP contribution in [0.1, 0.15) is 22.8 Å². The summed E-state index contributed by atoms with van der Waals surface area (Å²) in [6.07, 6.45) is 1.78. The molecule has 0 saturated carbocycles. The van der Waals surface area contributed by atoms with Crippen LogP contribution in [0.5, 0.6) is 0 Å². The van der Waals surface area contributed by atoms with Gasteiger partial charge >= 0.3 is 5.97 Å². The van der Waals surface area contributed by atoms with E-state index in [0.29, 0.717) is 18.1 Å². The lowest BCUT2D eigenvalue weighted by atomic mass is 9.99. The molecule has 4 nitrogen and oxygen atoms in total. The van der Waals surface area contributed by atoms with Crippen LogP contribution in [0.25, 0.3) is 27.8 Å². The summed E-state index contributed by atoms with van der Waals surface area (Å²) >= 11 is 6.04. The van der Waals surface area contributed by atoms with Gasteiger partial charge in [0, 0.05) is 17.1 Å². The molecule has 0 saturated heterocycles. The number of carbonyl (C=O) groups is 1. The molecule has 1 heterocycles. The number of halogens is 1. The zero-order valence-corrected chi connectivity index (χ0v) is 16.2. The Bertz CT molecular complexity index is 1140. The maximum absolute atomic E-state index is 12.4. The minimum atomic E-state index is -0.353. The maximum atomic E-state index is 12.4. The van der Waals surface area contributed by atoms with Crippen molar-refractivity contribution >= 4 is 28.6 Å². The number of imidazole rings is 1. The molecule has 0 spiro atoms. The molecule has 0 aliphatic carbocycles. The highest BCUT2D eigenvalue weighted by Crippen LogP contribution is 2.32. The number of hydrogen-bond acceptors (Lipinski definition) is 3. The molecule has 0 radical (unpaired) electrons. The number of benzene rings is 3. The van der Waals surface area contributed by atoms with Gasteiger partial charge < -0.3 is 4.74 Å². The van der Waals surface area contributed by atoms with E-state index in [9.17, 15) is 4.79 Å². The summed E-state index contributed by atoms with van der Waals surface area (Å²) in [5.74, 6) is 0.0698. The Labute approximate surface area is 168 Å². The first-order valence-corrected chi connectivity index (χ1v) is 9.63. The summed E-state index contributed by atoms with van der Waals surface area (Å²) in [6.45, 7) is 2.12. The number of carbonyl (C=O) groups excluding carboxylic acids is 1. The van der Waals surface area contributed by atoms with Gasteiger partial charge in [-0.3, -0.25) is 4.57 Å². The third kappa shape index (κ3) is 3.39. The van der Waals surface area contributed by atoms with Crippen LogP contribution in [0.15, 0.2) is 73.1 Å². The second kappa shape index (κ2) is 7.87. The number of nitrogens with zero attached hydrogens (tertiary/aromatic N) is 2. The normalized spacial score (nSPS) is 10.9. The highest BCUT2D eigenvalue weighted by molar-refractivity contribution is 6.17. The number of alkyl halides is 1. The first kappa shape index (κ1) is 18.3. The number of aromatic nitrogens is 2. The Balaban J connectivity index is 2.00. The van der Waals surface area contributed by atoms with E-state index in [-0.39, 0.29) is 5.97 Å². The van der Waals surface area contributed by atoms with Crippen molar-refractivity contribution < 1.29 is 9.53 Å². The van der Waals surface area contributed by atoms with Gasteiger partial charge in [-0.1, -0.05) is 36.4 Å². The van der Waals surface area contributed by atoms with Crippen LogP contribution >= 0.6 is 11.6 Å². The molecule has 0 N–H and O–H groups in total. The number of ether oxygens (including phenoxy) is 1. The van der Waals surface area contributed by atoms with Crippen molar-refractivity contribution in [3.8, 4) is 16.8 Å². The maximum Gasteiger partial charge on any atom is 0.338 e. The van der Waals surface area contributed by atoms with Crippen molar-refractivity contribution in [1.29, 1.82) is 0 Å². The molecule has 1 aromatic heterocycles. The molecule has 5 heteroatoms. The number of hydrogen-bond donors (Lipinski definition) is 0. The van der Waals surface area contributed by atoms with Crippen LogP contribution in [0.3, 0.4) is 0 Å². The second-order valence-corrected chi connectivity index (χ2v) is 6.66. The Kier molecular flexibility index (Phi) is 5.13. The summed E-state index contributed by atoms with van der Waals surface area (Å²) in [7, 11) is 0. The number of para-hydroxylation sites is 1. The lowest BCUT2D eigenvalue weighted by molar-refractivity contribution is 0.0526. The minimum absolute atomic E-state index is 0.326. The summed E-state index contributed by atoms with van der Waals surface area (Å²) in [5.41, 5.74) is 6.06. The van der Waals surface area contributed by atoms with Gasteiger partial charge in [-0.2, -0.15) is 0 Å². The average molecular weight is 391 g/mol. The molecule has 3 aromatic carbocycles. The number of fused-ring (bicyclic) bond motifs is 1. The van der Waals surface area contributed by atoms with Crippen molar-refractivity contribution in [2.45, 2.75) is 12.8 Å². The monoisotopic (exact) mass is 390 g/mol. The fourth-order valence-corrected chi connectivity index (χ4v) is 3.47. The second-order valence-electron chi connectivity index (χ2n) is 6.40. The molecule has 0 atom stereocenters. The standard InChI is InChI=1S/C23H19ClN2O2/c1-2-28-23(27)18-12-20(17-8-6-7-16(11-17)14-24)22-21(13-18)25-15-26(22)19-9-4-3-5-10-19/h3-13,15H,2,14H2,1H3. The van der Waals surface area contributed by atoms with Crippen molar-refractivity contribution in [3.63, 3.8) is 0 Å². The zero-order valence-electron chi connectivity index (χ0n) is 15.4. The zero-order chi connectivity index (χ0) is 19.5. The molecule has 0 aliphatic heterocycles. The lowest BCUT2D eigenvalue weighted by Gasteiger charge is -2.12. The van der Waals surface area contributed by atoms with E-state index in [1.807, 2.05) is 65.2 Å². The molecule has 0 unspecified atom stereocenters. The molecule has 0 aliphatic rings.